The number of nitriles is 1. The first-order chi connectivity index (χ1) is 9.22. The number of hydrogen-bond acceptors (Lipinski definition) is 4. The van der Waals surface area contributed by atoms with E-state index in [1.54, 1.807) is 0 Å². The molecule has 102 valence electrons. The van der Waals surface area contributed by atoms with E-state index in [1.165, 1.54) is 0 Å². The SMILES string of the molecule is CC1CCN(c2cccc(C#N)c2)CC(CCO)N1. The van der Waals surface area contributed by atoms with E-state index in [0.717, 1.165) is 31.6 Å². The molecule has 1 aromatic carbocycles. The lowest BCUT2D eigenvalue weighted by atomic mass is 10.1. The van der Waals surface area contributed by atoms with E-state index < -0.39 is 0 Å². The van der Waals surface area contributed by atoms with Gasteiger partial charge in [0, 0.05) is 37.5 Å². The number of nitrogens with zero attached hydrogens (tertiary/aromatic N) is 2. The van der Waals surface area contributed by atoms with Crippen LogP contribution >= 0.6 is 0 Å². The third-order valence-electron chi connectivity index (χ3n) is 3.61. The van der Waals surface area contributed by atoms with Gasteiger partial charge in [0.05, 0.1) is 11.6 Å². The number of nitrogens with one attached hydrogen (secondary N) is 1. The fraction of sp³-hybridized carbons (Fsp3) is 0.533. The molecule has 0 amide bonds. The molecule has 1 saturated heterocycles. The molecule has 4 heteroatoms. The lowest BCUT2D eigenvalue weighted by molar-refractivity contribution is 0.263. The zero-order chi connectivity index (χ0) is 13.7. The molecule has 1 aliphatic heterocycles. The van der Waals surface area contributed by atoms with Crippen LogP contribution in [0, 0.1) is 11.3 Å². The maximum Gasteiger partial charge on any atom is 0.0992 e. The van der Waals surface area contributed by atoms with Gasteiger partial charge in [-0.1, -0.05) is 6.07 Å². The molecule has 0 aliphatic carbocycles. The predicted octanol–water partition coefficient (Wildman–Crippen LogP) is 1.50. The normalized spacial score (nSPS) is 23.7. The Morgan fingerprint density at radius 2 is 2.37 bits per heavy atom. The highest BCUT2D eigenvalue weighted by molar-refractivity contribution is 5.51. The lowest BCUT2D eigenvalue weighted by Crippen LogP contribution is -2.40. The van der Waals surface area contributed by atoms with Crippen LogP contribution in [0.5, 0.6) is 0 Å². The summed E-state index contributed by atoms with van der Waals surface area (Å²) in [6, 6.07) is 10.7. The van der Waals surface area contributed by atoms with Crippen molar-refractivity contribution in [2.75, 3.05) is 24.6 Å². The second kappa shape index (κ2) is 6.55. The molecule has 0 spiro atoms. The molecular weight excluding hydrogens is 238 g/mol. The van der Waals surface area contributed by atoms with Crippen molar-refractivity contribution < 1.29 is 5.11 Å². The van der Waals surface area contributed by atoms with Crippen molar-refractivity contribution in [1.29, 1.82) is 5.26 Å². The number of hydrogen-bond donors (Lipinski definition) is 2. The highest BCUT2D eigenvalue weighted by Crippen LogP contribution is 2.19. The number of aliphatic hydroxyl groups is 1. The Labute approximate surface area is 114 Å². The summed E-state index contributed by atoms with van der Waals surface area (Å²) < 4.78 is 0. The molecule has 1 heterocycles. The Balaban J connectivity index is 2.15. The standard InChI is InChI=1S/C15H21N3O/c1-12-5-7-18(11-14(17-12)6-8-19)15-4-2-3-13(9-15)10-16/h2-4,9,12,14,17,19H,5-8,11H2,1H3. The van der Waals surface area contributed by atoms with E-state index in [-0.39, 0.29) is 6.61 Å². The summed E-state index contributed by atoms with van der Waals surface area (Å²) in [6.07, 6.45) is 1.83. The van der Waals surface area contributed by atoms with E-state index in [9.17, 15) is 0 Å². The minimum absolute atomic E-state index is 0.205. The van der Waals surface area contributed by atoms with Gasteiger partial charge >= 0.3 is 0 Å². The van der Waals surface area contributed by atoms with Crippen LogP contribution in [0.4, 0.5) is 5.69 Å². The smallest absolute Gasteiger partial charge is 0.0992 e. The fourth-order valence-corrected chi connectivity index (χ4v) is 2.58. The van der Waals surface area contributed by atoms with Crippen LogP contribution in [-0.2, 0) is 0 Å². The molecular formula is C15H21N3O. The van der Waals surface area contributed by atoms with Gasteiger partial charge in [0.1, 0.15) is 0 Å². The summed E-state index contributed by atoms with van der Waals surface area (Å²) in [6.45, 7) is 4.24. The van der Waals surface area contributed by atoms with E-state index in [1.807, 2.05) is 24.3 Å². The third-order valence-corrected chi connectivity index (χ3v) is 3.61. The second-order valence-electron chi connectivity index (χ2n) is 5.17. The van der Waals surface area contributed by atoms with Crippen molar-refractivity contribution >= 4 is 5.69 Å². The summed E-state index contributed by atoms with van der Waals surface area (Å²) in [4.78, 5) is 2.30. The number of anilines is 1. The molecule has 0 bridgehead atoms. The van der Waals surface area contributed by atoms with Gasteiger partial charge in [0.15, 0.2) is 0 Å². The van der Waals surface area contributed by atoms with Crippen LogP contribution < -0.4 is 10.2 Å². The van der Waals surface area contributed by atoms with Crippen LogP contribution in [0.3, 0.4) is 0 Å². The lowest BCUT2D eigenvalue weighted by Gasteiger charge is -2.26. The van der Waals surface area contributed by atoms with E-state index >= 15 is 0 Å². The summed E-state index contributed by atoms with van der Waals surface area (Å²) in [5.41, 5.74) is 1.79. The van der Waals surface area contributed by atoms with Crippen LogP contribution in [0.1, 0.15) is 25.3 Å². The van der Waals surface area contributed by atoms with Gasteiger partial charge < -0.3 is 15.3 Å². The average molecular weight is 259 g/mol. The molecule has 0 saturated carbocycles. The van der Waals surface area contributed by atoms with Crippen molar-refractivity contribution in [2.45, 2.75) is 31.8 Å². The van der Waals surface area contributed by atoms with Crippen molar-refractivity contribution in [2.24, 2.45) is 0 Å². The second-order valence-corrected chi connectivity index (χ2v) is 5.17. The molecule has 0 aromatic heterocycles. The molecule has 1 aliphatic rings. The first-order valence-electron chi connectivity index (χ1n) is 6.85. The van der Waals surface area contributed by atoms with Crippen LogP contribution in [-0.4, -0.2) is 36.9 Å². The van der Waals surface area contributed by atoms with E-state index in [0.29, 0.717) is 17.6 Å². The first-order valence-corrected chi connectivity index (χ1v) is 6.85. The first kappa shape index (κ1) is 13.9. The minimum Gasteiger partial charge on any atom is -0.396 e. The molecule has 2 N–H and O–H groups in total. The van der Waals surface area contributed by atoms with Gasteiger partial charge in [-0.3, -0.25) is 0 Å². The van der Waals surface area contributed by atoms with Crippen molar-refractivity contribution in [1.82, 2.24) is 5.32 Å². The van der Waals surface area contributed by atoms with Gasteiger partial charge in [-0.15, -0.1) is 0 Å². The van der Waals surface area contributed by atoms with Crippen molar-refractivity contribution in [3.63, 3.8) is 0 Å². The molecule has 0 radical (unpaired) electrons. The Kier molecular flexibility index (Phi) is 4.78. The number of rotatable bonds is 3. The minimum atomic E-state index is 0.205. The highest BCUT2D eigenvalue weighted by Gasteiger charge is 2.21. The molecule has 2 atom stereocenters. The predicted molar refractivity (Wildman–Crippen MR) is 76.1 cm³/mol. The zero-order valence-corrected chi connectivity index (χ0v) is 11.3. The molecule has 1 aromatic rings. The third kappa shape index (κ3) is 3.69. The summed E-state index contributed by atoms with van der Waals surface area (Å²) in [5, 5.41) is 21.7. The average Bonchev–Trinajstić information content (AvgIpc) is 2.61. The van der Waals surface area contributed by atoms with Gasteiger partial charge in [-0.25, -0.2) is 0 Å². The zero-order valence-electron chi connectivity index (χ0n) is 11.3. The molecule has 4 nitrogen and oxygen atoms in total. The summed E-state index contributed by atoms with van der Waals surface area (Å²) in [5.74, 6) is 0. The summed E-state index contributed by atoms with van der Waals surface area (Å²) >= 11 is 0. The van der Waals surface area contributed by atoms with Crippen LogP contribution in [0.25, 0.3) is 0 Å². The molecule has 2 rings (SSSR count). The quantitative estimate of drug-likeness (QED) is 0.863. The Hall–Kier alpha value is -1.57. The van der Waals surface area contributed by atoms with Crippen molar-refractivity contribution in [3.8, 4) is 6.07 Å². The van der Waals surface area contributed by atoms with Crippen LogP contribution in [0.2, 0.25) is 0 Å². The monoisotopic (exact) mass is 259 g/mol. The maximum atomic E-state index is 9.13. The van der Waals surface area contributed by atoms with Gasteiger partial charge in [0.2, 0.25) is 0 Å². The Morgan fingerprint density at radius 1 is 1.53 bits per heavy atom. The van der Waals surface area contributed by atoms with Crippen LogP contribution in [0.15, 0.2) is 24.3 Å². The Bertz CT molecular complexity index is 455. The van der Waals surface area contributed by atoms with Crippen molar-refractivity contribution in [3.05, 3.63) is 29.8 Å². The highest BCUT2D eigenvalue weighted by atomic mass is 16.3. The maximum absolute atomic E-state index is 9.13. The van der Waals surface area contributed by atoms with E-state index in [2.05, 4.69) is 23.2 Å². The largest absolute Gasteiger partial charge is 0.396 e. The fourth-order valence-electron chi connectivity index (χ4n) is 2.58. The Morgan fingerprint density at radius 3 is 3.11 bits per heavy atom. The molecule has 19 heavy (non-hydrogen) atoms. The van der Waals surface area contributed by atoms with Gasteiger partial charge in [-0.2, -0.15) is 5.26 Å². The topological polar surface area (TPSA) is 59.3 Å². The number of aliphatic hydroxyl groups excluding tert-OH is 1. The summed E-state index contributed by atoms with van der Waals surface area (Å²) in [7, 11) is 0. The van der Waals surface area contributed by atoms with Gasteiger partial charge in [-0.05, 0) is 38.0 Å². The van der Waals surface area contributed by atoms with Gasteiger partial charge in [0.25, 0.3) is 0 Å². The van der Waals surface area contributed by atoms with E-state index in [4.69, 9.17) is 10.4 Å². The molecule has 2 unspecified atom stereocenters. The molecule has 1 fully saturated rings. The number of benzene rings is 1.